The minimum atomic E-state index is -3.13. The summed E-state index contributed by atoms with van der Waals surface area (Å²) in [5.41, 5.74) is -0.570. The summed E-state index contributed by atoms with van der Waals surface area (Å²) in [5.74, 6) is -6.82. The van der Waals surface area contributed by atoms with Crippen LogP contribution in [0, 0.1) is 5.92 Å². The number of aliphatic hydroxyl groups is 4. The van der Waals surface area contributed by atoms with Gasteiger partial charge < -0.3 is 36.2 Å². The molecule has 4 atom stereocenters. The third kappa shape index (κ3) is 2.71. The zero-order chi connectivity index (χ0) is 25.5. The normalized spacial score (nSPS) is 30.8. The lowest BCUT2D eigenvalue weighted by atomic mass is 9.55. The second kappa shape index (κ2) is 7.29. The monoisotopic (exact) mass is 473 g/mol. The van der Waals surface area contributed by atoms with Crippen molar-refractivity contribution in [2.45, 2.75) is 30.1 Å². The van der Waals surface area contributed by atoms with Crippen molar-refractivity contribution < 1.29 is 39.9 Å². The van der Waals surface area contributed by atoms with E-state index in [1.165, 1.54) is 25.1 Å². The van der Waals surface area contributed by atoms with Gasteiger partial charge in [0.2, 0.25) is 11.4 Å². The molecule has 0 radical (unpaired) electrons. The van der Waals surface area contributed by atoms with Crippen molar-refractivity contribution in [1.29, 1.82) is 0 Å². The topological polar surface area (TPSA) is 185 Å². The Labute approximate surface area is 195 Å². The van der Waals surface area contributed by atoms with Gasteiger partial charge in [0.25, 0.3) is 5.91 Å². The lowest BCUT2D eigenvalue weighted by molar-refractivity contribution is -0.202. The zero-order valence-electron chi connectivity index (χ0n) is 19.2. The van der Waals surface area contributed by atoms with Crippen LogP contribution in [0.15, 0.2) is 29.0 Å². The number of carbonyl (C=O) groups excluding carboxylic acids is 3. The number of aliphatic hydroxyl groups excluding tert-OH is 2. The van der Waals surface area contributed by atoms with E-state index in [-0.39, 0.29) is 23.3 Å². The lowest BCUT2D eigenvalue weighted by Crippen LogP contribution is -2.76. The van der Waals surface area contributed by atoms with Crippen molar-refractivity contribution in [3.05, 3.63) is 40.2 Å². The van der Waals surface area contributed by atoms with Crippen molar-refractivity contribution >= 4 is 28.9 Å². The van der Waals surface area contributed by atoms with Crippen LogP contribution in [0.25, 0.3) is 5.76 Å². The minimum Gasteiger partial charge on any atom is -0.508 e. The number of fused-ring (bicyclic) bond motifs is 3. The fourth-order valence-electron chi connectivity index (χ4n) is 5.75. The van der Waals surface area contributed by atoms with Crippen molar-refractivity contribution in [2.24, 2.45) is 11.7 Å². The maximum absolute atomic E-state index is 13.7. The SMILES string of the molecule is CN(C)c1ccc(O)c2c1C[C@H]1CC3(O)[C@H](N(C)C)C(=O)C(C(N)=O)=C(O)[C@@]3(O)C(=O)C1=C2O. The number of ketones is 2. The summed E-state index contributed by atoms with van der Waals surface area (Å²) in [7, 11) is 6.34. The predicted octanol–water partition coefficient (Wildman–Crippen LogP) is -0.855. The van der Waals surface area contributed by atoms with E-state index in [1.54, 1.807) is 25.1 Å². The summed E-state index contributed by atoms with van der Waals surface area (Å²) in [6.45, 7) is 0. The van der Waals surface area contributed by atoms with Gasteiger partial charge in [0.05, 0.1) is 5.56 Å². The molecule has 7 N–H and O–H groups in total. The summed E-state index contributed by atoms with van der Waals surface area (Å²) in [4.78, 5) is 41.8. The van der Waals surface area contributed by atoms with Gasteiger partial charge in [-0.2, -0.15) is 0 Å². The molecule has 1 saturated carbocycles. The number of hydrogen-bond acceptors (Lipinski definition) is 10. The highest BCUT2D eigenvalue weighted by Crippen LogP contribution is 2.55. The van der Waals surface area contributed by atoms with Gasteiger partial charge in [0.15, 0.2) is 11.5 Å². The summed E-state index contributed by atoms with van der Waals surface area (Å²) in [6.07, 6.45) is -0.330. The molecule has 11 heteroatoms. The maximum Gasteiger partial charge on any atom is 0.255 e. The molecule has 0 saturated heterocycles. The van der Waals surface area contributed by atoms with E-state index in [9.17, 15) is 39.9 Å². The van der Waals surface area contributed by atoms with Crippen molar-refractivity contribution in [3.8, 4) is 5.75 Å². The summed E-state index contributed by atoms with van der Waals surface area (Å²) in [6, 6.07) is 1.40. The second-order valence-electron chi connectivity index (χ2n) is 9.50. The Kier molecular flexibility index (Phi) is 5.09. The number of amides is 1. The van der Waals surface area contributed by atoms with Crippen LogP contribution < -0.4 is 10.6 Å². The average molecular weight is 473 g/mol. The van der Waals surface area contributed by atoms with Gasteiger partial charge in [-0.15, -0.1) is 0 Å². The summed E-state index contributed by atoms with van der Waals surface area (Å²) in [5, 5.41) is 55.7. The van der Waals surface area contributed by atoms with Gasteiger partial charge in [-0.3, -0.25) is 19.3 Å². The maximum atomic E-state index is 13.7. The Hall–Kier alpha value is -3.41. The van der Waals surface area contributed by atoms with E-state index < -0.39 is 64.1 Å². The third-order valence-corrected chi connectivity index (χ3v) is 7.15. The fraction of sp³-hybridized carbons (Fsp3) is 0.435. The number of carbonyl (C=O) groups is 3. The Morgan fingerprint density at radius 3 is 2.24 bits per heavy atom. The van der Waals surface area contributed by atoms with E-state index in [0.717, 1.165) is 0 Å². The molecule has 0 aliphatic heterocycles. The Morgan fingerprint density at radius 1 is 1.09 bits per heavy atom. The van der Waals surface area contributed by atoms with Crippen LogP contribution in [0.1, 0.15) is 17.5 Å². The van der Waals surface area contributed by atoms with E-state index in [4.69, 9.17) is 5.73 Å². The number of phenols is 1. The molecule has 1 unspecified atom stereocenters. The fourth-order valence-corrected chi connectivity index (χ4v) is 5.75. The van der Waals surface area contributed by atoms with E-state index in [0.29, 0.717) is 11.3 Å². The number of primary amides is 1. The molecule has 1 amide bonds. The third-order valence-electron chi connectivity index (χ3n) is 7.15. The number of hydrogen-bond donors (Lipinski definition) is 6. The molecule has 0 spiro atoms. The molecule has 0 aromatic heterocycles. The molecule has 1 aromatic carbocycles. The van der Waals surface area contributed by atoms with E-state index in [1.807, 2.05) is 0 Å². The molecule has 1 fully saturated rings. The first kappa shape index (κ1) is 23.7. The Morgan fingerprint density at radius 2 is 1.71 bits per heavy atom. The molecular weight excluding hydrogens is 446 g/mol. The molecule has 34 heavy (non-hydrogen) atoms. The van der Waals surface area contributed by atoms with E-state index >= 15 is 0 Å². The zero-order valence-corrected chi connectivity index (χ0v) is 19.2. The molecule has 3 aliphatic carbocycles. The number of benzene rings is 1. The molecule has 1 aromatic rings. The number of phenolic OH excluding ortho intramolecular Hbond substituents is 1. The van der Waals surface area contributed by atoms with Crippen LogP contribution >= 0.6 is 0 Å². The highest BCUT2D eigenvalue weighted by molar-refractivity contribution is 6.25. The molecule has 182 valence electrons. The van der Waals surface area contributed by atoms with Crippen LogP contribution in [0.2, 0.25) is 0 Å². The standard InChI is InChI=1S/C23H27N3O8/c1-25(2)11-5-6-12(27)14-10(11)7-9-8-22(33)18(26(3)4)17(29)15(21(24)32)20(31)23(22,34)19(30)13(9)16(14)28/h5-6,9,18,27-28,31,33-34H,7-8H2,1-4H3,(H2,24,32)/t9-,18+,22?,23-/m0/s1. The van der Waals surface area contributed by atoms with Crippen LogP contribution in [0.4, 0.5) is 5.69 Å². The first-order valence-corrected chi connectivity index (χ1v) is 10.6. The van der Waals surface area contributed by atoms with Gasteiger partial charge in [-0.1, -0.05) is 0 Å². The van der Waals surface area contributed by atoms with Gasteiger partial charge in [0, 0.05) is 25.4 Å². The lowest BCUT2D eigenvalue weighted by Gasteiger charge is -2.55. The molecule has 11 nitrogen and oxygen atoms in total. The van der Waals surface area contributed by atoms with Gasteiger partial charge in [-0.25, -0.2) is 0 Å². The Bertz CT molecular complexity index is 1220. The van der Waals surface area contributed by atoms with E-state index in [2.05, 4.69) is 0 Å². The van der Waals surface area contributed by atoms with Crippen LogP contribution in [0.3, 0.4) is 0 Å². The highest BCUT2D eigenvalue weighted by Gasteiger charge is 2.72. The minimum absolute atomic E-state index is 0.00511. The van der Waals surface area contributed by atoms with Crippen LogP contribution in [-0.2, 0) is 20.8 Å². The number of aromatic hydroxyl groups is 1. The number of nitrogens with two attached hydrogens (primary N) is 1. The number of Topliss-reactive ketones (excluding diaryl/α,β-unsaturated/α-hetero) is 2. The molecular formula is C23H27N3O8. The second-order valence-corrected chi connectivity index (χ2v) is 9.50. The summed E-state index contributed by atoms with van der Waals surface area (Å²) < 4.78 is 0. The largest absolute Gasteiger partial charge is 0.508 e. The van der Waals surface area contributed by atoms with Gasteiger partial charge in [-0.05, 0) is 50.6 Å². The van der Waals surface area contributed by atoms with Crippen LogP contribution in [-0.4, -0.2) is 93.3 Å². The molecule has 0 heterocycles. The average Bonchev–Trinajstić information content (AvgIpc) is 2.70. The number of anilines is 1. The van der Waals surface area contributed by atoms with Crippen molar-refractivity contribution in [3.63, 3.8) is 0 Å². The smallest absolute Gasteiger partial charge is 0.255 e. The predicted molar refractivity (Wildman–Crippen MR) is 120 cm³/mol. The molecule has 4 rings (SSSR count). The van der Waals surface area contributed by atoms with Crippen LogP contribution in [0.5, 0.6) is 5.75 Å². The summed E-state index contributed by atoms with van der Waals surface area (Å²) >= 11 is 0. The Balaban J connectivity index is 2.05. The van der Waals surface area contributed by atoms with Gasteiger partial charge in [0.1, 0.15) is 28.7 Å². The molecule has 0 bridgehead atoms. The van der Waals surface area contributed by atoms with Crippen molar-refractivity contribution in [2.75, 3.05) is 33.1 Å². The number of nitrogens with zero attached hydrogens (tertiary/aromatic N) is 2. The highest BCUT2D eigenvalue weighted by atomic mass is 16.4. The molecule has 3 aliphatic rings. The quantitative estimate of drug-likeness (QED) is 0.302. The first-order valence-electron chi connectivity index (χ1n) is 10.6. The van der Waals surface area contributed by atoms with Gasteiger partial charge >= 0.3 is 0 Å². The first-order chi connectivity index (χ1) is 15.7. The number of likely N-dealkylation sites (N-methyl/N-ethyl adjacent to an activating group) is 1. The van der Waals surface area contributed by atoms with Crippen molar-refractivity contribution in [1.82, 2.24) is 4.90 Å². The number of rotatable bonds is 3.